The summed E-state index contributed by atoms with van der Waals surface area (Å²) in [5.41, 5.74) is 3.53. The van der Waals surface area contributed by atoms with Crippen molar-refractivity contribution in [3.8, 4) is 22.5 Å². The third kappa shape index (κ3) is 2.63. The molecule has 0 radical (unpaired) electrons. The van der Waals surface area contributed by atoms with Crippen molar-refractivity contribution in [1.29, 1.82) is 0 Å². The van der Waals surface area contributed by atoms with Crippen molar-refractivity contribution in [3.63, 3.8) is 0 Å². The summed E-state index contributed by atoms with van der Waals surface area (Å²) >= 11 is 0. The van der Waals surface area contributed by atoms with Crippen LogP contribution in [0.1, 0.15) is 0 Å². The summed E-state index contributed by atoms with van der Waals surface area (Å²) in [6.07, 6.45) is 0. The molecular weight excluding hydrogens is 274 g/mol. The Hall–Kier alpha value is -2.88. The zero-order valence-corrected chi connectivity index (χ0v) is 12.6. The predicted octanol–water partition coefficient (Wildman–Crippen LogP) is 3.75. The highest BCUT2D eigenvalue weighted by Crippen LogP contribution is 2.26. The Balaban J connectivity index is 2.15. The number of aromatic nitrogens is 2. The van der Waals surface area contributed by atoms with E-state index in [1.807, 2.05) is 66.7 Å². The number of amides is 1. The van der Waals surface area contributed by atoms with E-state index in [1.165, 1.54) is 9.58 Å². The smallest absolute Gasteiger partial charge is 0.329 e. The molecular formula is C18H17N3O. The summed E-state index contributed by atoms with van der Waals surface area (Å²) in [7, 11) is 3.45. The minimum absolute atomic E-state index is 0.166. The number of rotatable bonds is 2. The Bertz CT molecular complexity index is 777. The molecule has 0 fully saturated rings. The van der Waals surface area contributed by atoms with Crippen LogP contribution < -0.4 is 0 Å². The maximum absolute atomic E-state index is 12.4. The van der Waals surface area contributed by atoms with Gasteiger partial charge in [-0.25, -0.2) is 4.79 Å². The van der Waals surface area contributed by atoms with E-state index in [9.17, 15) is 4.79 Å². The molecule has 0 saturated carbocycles. The summed E-state index contributed by atoms with van der Waals surface area (Å²) in [5, 5.41) is 4.50. The molecule has 1 aromatic heterocycles. The lowest BCUT2D eigenvalue weighted by Crippen LogP contribution is -2.28. The molecule has 0 aliphatic carbocycles. The molecule has 3 aromatic rings. The molecule has 0 atom stereocenters. The van der Waals surface area contributed by atoms with E-state index < -0.39 is 0 Å². The zero-order chi connectivity index (χ0) is 15.5. The fraction of sp³-hybridized carbons (Fsp3) is 0.111. The Kier molecular flexibility index (Phi) is 3.74. The summed E-state index contributed by atoms with van der Waals surface area (Å²) < 4.78 is 1.46. The van der Waals surface area contributed by atoms with E-state index >= 15 is 0 Å². The normalized spacial score (nSPS) is 10.5. The van der Waals surface area contributed by atoms with E-state index in [2.05, 4.69) is 5.10 Å². The van der Waals surface area contributed by atoms with E-state index in [0.717, 1.165) is 22.5 Å². The Morgan fingerprint density at radius 1 is 0.909 bits per heavy atom. The molecule has 0 N–H and O–H groups in total. The lowest BCUT2D eigenvalue weighted by atomic mass is 10.1. The van der Waals surface area contributed by atoms with Crippen LogP contribution in [0, 0.1) is 0 Å². The number of hydrogen-bond donors (Lipinski definition) is 0. The van der Waals surface area contributed by atoms with Gasteiger partial charge in [-0.1, -0.05) is 60.7 Å². The van der Waals surface area contributed by atoms with Gasteiger partial charge in [0.1, 0.15) is 0 Å². The van der Waals surface area contributed by atoms with Gasteiger partial charge >= 0.3 is 6.03 Å². The summed E-state index contributed by atoms with van der Waals surface area (Å²) in [5.74, 6) is 0. The largest absolute Gasteiger partial charge is 0.344 e. The third-order valence-corrected chi connectivity index (χ3v) is 3.41. The monoisotopic (exact) mass is 291 g/mol. The SMILES string of the molecule is CN(C)C(=O)n1nc(-c2ccccc2)cc1-c1ccccc1. The molecule has 4 heteroatoms. The van der Waals surface area contributed by atoms with Gasteiger partial charge in [-0.15, -0.1) is 0 Å². The number of benzene rings is 2. The minimum atomic E-state index is -0.166. The molecule has 2 aromatic carbocycles. The van der Waals surface area contributed by atoms with Gasteiger partial charge in [0.2, 0.25) is 0 Å². The molecule has 0 spiro atoms. The van der Waals surface area contributed by atoms with E-state index in [0.29, 0.717) is 0 Å². The first-order valence-corrected chi connectivity index (χ1v) is 7.09. The van der Waals surface area contributed by atoms with Gasteiger partial charge in [-0.2, -0.15) is 9.78 Å². The van der Waals surface area contributed by atoms with E-state index in [4.69, 9.17) is 0 Å². The molecule has 0 saturated heterocycles. The lowest BCUT2D eigenvalue weighted by molar-refractivity contribution is 0.216. The molecule has 0 aliphatic heterocycles. The van der Waals surface area contributed by atoms with Crippen molar-refractivity contribution >= 4 is 6.03 Å². The average molecular weight is 291 g/mol. The highest BCUT2D eigenvalue weighted by atomic mass is 16.2. The highest BCUT2D eigenvalue weighted by Gasteiger charge is 2.17. The van der Waals surface area contributed by atoms with Gasteiger partial charge in [0.15, 0.2) is 0 Å². The second-order valence-electron chi connectivity index (χ2n) is 5.24. The summed E-state index contributed by atoms with van der Waals surface area (Å²) in [6.45, 7) is 0. The molecule has 1 amide bonds. The number of hydrogen-bond acceptors (Lipinski definition) is 2. The first-order chi connectivity index (χ1) is 10.7. The highest BCUT2D eigenvalue weighted by molar-refractivity contribution is 5.83. The zero-order valence-electron chi connectivity index (χ0n) is 12.6. The van der Waals surface area contributed by atoms with Crippen molar-refractivity contribution in [1.82, 2.24) is 14.7 Å². The topological polar surface area (TPSA) is 38.1 Å². The van der Waals surface area contributed by atoms with Crippen LogP contribution in [0.25, 0.3) is 22.5 Å². The molecule has 4 nitrogen and oxygen atoms in total. The molecule has 110 valence electrons. The summed E-state index contributed by atoms with van der Waals surface area (Å²) in [6, 6.07) is 21.5. The minimum Gasteiger partial charge on any atom is -0.329 e. The number of carbonyl (C=O) groups is 1. The lowest BCUT2D eigenvalue weighted by Gasteiger charge is -2.12. The fourth-order valence-corrected chi connectivity index (χ4v) is 2.28. The Labute approximate surface area is 129 Å². The van der Waals surface area contributed by atoms with E-state index in [1.54, 1.807) is 14.1 Å². The van der Waals surface area contributed by atoms with Gasteiger partial charge in [0.25, 0.3) is 0 Å². The average Bonchev–Trinajstić information content (AvgIpc) is 3.01. The number of carbonyl (C=O) groups excluding carboxylic acids is 1. The van der Waals surface area contributed by atoms with Crippen molar-refractivity contribution in [3.05, 3.63) is 66.7 Å². The Morgan fingerprint density at radius 3 is 2.00 bits per heavy atom. The second kappa shape index (κ2) is 5.85. The van der Waals surface area contributed by atoms with Crippen LogP contribution in [-0.2, 0) is 0 Å². The predicted molar refractivity (Wildman–Crippen MR) is 87.6 cm³/mol. The first-order valence-electron chi connectivity index (χ1n) is 7.09. The van der Waals surface area contributed by atoms with Crippen LogP contribution in [-0.4, -0.2) is 34.8 Å². The molecule has 3 rings (SSSR count). The third-order valence-electron chi connectivity index (χ3n) is 3.41. The molecule has 0 bridgehead atoms. The maximum atomic E-state index is 12.4. The van der Waals surface area contributed by atoms with Gasteiger partial charge in [-0.05, 0) is 6.07 Å². The van der Waals surface area contributed by atoms with Crippen LogP contribution in [0.4, 0.5) is 4.79 Å². The van der Waals surface area contributed by atoms with Gasteiger partial charge in [0, 0.05) is 25.2 Å². The molecule has 1 heterocycles. The summed E-state index contributed by atoms with van der Waals surface area (Å²) in [4.78, 5) is 13.9. The van der Waals surface area contributed by atoms with Crippen molar-refractivity contribution in [2.45, 2.75) is 0 Å². The van der Waals surface area contributed by atoms with Crippen LogP contribution >= 0.6 is 0 Å². The van der Waals surface area contributed by atoms with Crippen LogP contribution in [0.15, 0.2) is 66.7 Å². The second-order valence-corrected chi connectivity index (χ2v) is 5.24. The molecule has 0 unspecified atom stereocenters. The van der Waals surface area contributed by atoms with Crippen molar-refractivity contribution < 1.29 is 4.79 Å². The van der Waals surface area contributed by atoms with Crippen molar-refractivity contribution in [2.75, 3.05) is 14.1 Å². The maximum Gasteiger partial charge on any atom is 0.344 e. The molecule has 0 aliphatic rings. The van der Waals surface area contributed by atoms with Crippen LogP contribution in [0.5, 0.6) is 0 Å². The van der Waals surface area contributed by atoms with Crippen molar-refractivity contribution in [2.24, 2.45) is 0 Å². The number of nitrogens with zero attached hydrogens (tertiary/aromatic N) is 3. The standard InChI is InChI=1S/C18H17N3O/c1-20(2)18(22)21-17(15-11-7-4-8-12-15)13-16(19-21)14-9-5-3-6-10-14/h3-13H,1-2H3. The van der Waals surface area contributed by atoms with Crippen LogP contribution in [0.3, 0.4) is 0 Å². The molecule has 22 heavy (non-hydrogen) atoms. The fourth-order valence-electron chi connectivity index (χ4n) is 2.28. The van der Waals surface area contributed by atoms with Gasteiger partial charge in [-0.3, -0.25) is 0 Å². The van der Waals surface area contributed by atoms with Crippen LogP contribution in [0.2, 0.25) is 0 Å². The van der Waals surface area contributed by atoms with E-state index in [-0.39, 0.29) is 6.03 Å². The quantitative estimate of drug-likeness (QED) is 0.721. The van der Waals surface area contributed by atoms with Gasteiger partial charge < -0.3 is 4.90 Å². The first kappa shape index (κ1) is 14.1. The Morgan fingerprint density at radius 2 is 1.45 bits per heavy atom. The van der Waals surface area contributed by atoms with Gasteiger partial charge in [0.05, 0.1) is 11.4 Å².